The molecule has 0 amide bonds. The summed E-state index contributed by atoms with van der Waals surface area (Å²) in [5.74, 6) is 0.624. The normalized spacial score (nSPS) is 21.5. The van der Waals surface area contributed by atoms with Gasteiger partial charge in [-0.1, -0.05) is 18.2 Å². The maximum atomic E-state index is 11.4. The standard InChI is InChI=1S/C14H22N2O2S/c1-12-5-3-4-6-14(12)16(2)9-8-15-13-7-10-19(17,18)11-13/h3-6,13,15H,7-11H2,1-2H3. The van der Waals surface area contributed by atoms with E-state index in [1.54, 1.807) is 0 Å². The first-order valence-electron chi connectivity index (χ1n) is 6.68. The maximum absolute atomic E-state index is 11.4. The van der Waals surface area contributed by atoms with Crippen LogP contribution in [0.15, 0.2) is 24.3 Å². The summed E-state index contributed by atoms with van der Waals surface area (Å²) >= 11 is 0. The average molecular weight is 282 g/mol. The number of hydrogen-bond acceptors (Lipinski definition) is 4. The van der Waals surface area contributed by atoms with Gasteiger partial charge in [-0.3, -0.25) is 0 Å². The molecular formula is C14H22N2O2S. The van der Waals surface area contributed by atoms with Crippen molar-refractivity contribution in [3.05, 3.63) is 29.8 Å². The lowest BCUT2D eigenvalue weighted by molar-refractivity contribution is 0.556. The third-order valence-corrected chi connectivity index (χ3v) is 5.41. The van der Waals surface area contributed by atoms with Crippen molar-refractivity contribution in [3.63, 3.8) is 0 Å². The van der Waals surface area contributed by atoms with E-state index in [1.807, 2.05) is 12.1 Å². The van der Waals surface area contributed by atoms with Crippen LogP contribution in [0.25, 0.3) is 0 Å². The molecule has 0 aliphatic carbocycles. The Hall–Kier alpha value is -1.07. The fourth-order valence-corrected chi connectivity index (χ4v) is 4.21. The van der Waals surface area contributed by atoms with E-state index in [1.165, 1.54) is 11.3 Å². The molecule has 0 saturated carbocycles. The largest absolute Gasteiger partial charge is 0.373 e. The van der Waals surface area contributed by atoms with Gasteiger partial charge in [-0.2, -0.15) is 0 Å². The van der Waals surface area contributed by atoms with Gasteiger partial charge in [-0.25, -0.2) is 8.42 Å². The molecule has 19 heavy (non-hydrogen) atoms. The fourth-order valence-electron chi connectivity index (χ4n) is 2.50. The van der Waals surface area contributed by atoms with Gasteiger partial charge in [-0.15, -0.1) is 0 Å². The van der Waals surface area contributed by atoms with Gasteiger partial charge in [0.1, 0.15) is 0 Å². The molecule has 1 saturated heterocycles. The Labute approximate surface area is 115 Å². The first-order chi connectivity index (χ1) is 8.98. The minimum absolute atomic E-state index is 0.135. The number of benzene rings is 1. The Bertz CT molecular complexity index is 528. The Balaban J connectivity index is 1.79. The number of hydrogen-bond donors (Lipinski definition) is 1. The number of likely N-dealkylation sites (N-methyl/N-ethyl adjacent to an activating group) is 1. The van der Waals surface area contributed by atoms with E-state index in [4.69, 9.17) is 0 Å². The Morgan fingerprint density at radius 3 is 2.74 bits per heavy atom. The van der Waals surface area contributed by atoms with Crippen molar-refractivity contribution in [2.45, 2.75) is 19.4 Å². The van der Waals surface area contributed by atoms with Crippen LogP contribution in [-0.2, 0) is 9.84 Å². The highest BCUT2D eigenvalue weighted by Gasteiger charge is 2.27. The summed E-state index contributed by atoms with van der Waals surface area (Å²) in [5.41, 5.74) is 2.48. The predicted molar refractivity (Wildman–Crippen MR) is 79.5 cm³/mol. The van der Waals surface area contributed by atoms with E-state index in [2.05, 4.69) is 36.3 Å². The van der Waals surface area contributed by atoms with Crippen molar-refractivity contribution in [2.24, 2.45) is 0 Å². The second-order valence-electron chi connectivity index (χ2n) is 5.26. The first-order valence-corrected chi connectivity index (χ1v) is 8.51. The third kappa shape index (κ3) is 3.94. The average Bonchev–Trinajstić information content (AvgIpc) is 2.69. The van der Waals surface area contributed by atoms with Gasteiger partial charge in [0.2, 0.25) is 0 Å². The highest BCUT2D eigenvalue weighted by atomic mass is 32.2. The van der Waals surface area contributed by atoms with Crippen LogP contribution in [0.1, 0.15) is 12.0 Å². The molecular weight excluding hydrogens is 260 g/mol. The van der Waals surface area contributed by atoms with Crippen molar-refractivity contribution < 1.29 is 8.42 Å². The van der Waals surface area contributed by atoms with Crippen LogP contribution >= 0.6 is 0 Å². The molecule has 1 fully saturated rings. The molecule has 1 aliphatic heterocycles. The Morgan fingerprint density at radius 1 is 1.37 bits per heavy atom. The minimum Gasteiger partial charge on any atom is -0.373 e. The molecule has 4 nitrogen and oxygen atoms in total. The molecule has 1 aromatic rings. The zero-order valence-corrected chi connectivity index (χ0v) is 12.4. The molecule has 0 radical (unpaired) electrons. The van der Waals surface area contributed by atoms with Crippen molar-refractivity contribution in [3.8, 4) is 0 Å². The molecule has 2 rings (SSSR count). The predicted octanol–water partition coefficient (Wildman–Crippen LogP) is 1.21. The molecule has 1 atom stereocenters. The van der Waals surface area contributed by atoms with Crippen LogP contribution in [0, 0.1) is 6.92 Å². The van der Waals surface area contributed by atoms with Gasteiger partial charge >= 0.3 is 0 Å². The number of aryl methyl sites for hydroxylation is 1. The van der Waals surface area contributed by atoms with Crippen molar-refractivity contribution >= 4 is 15.5 Å². The molecule has 1 heterocycles. The molecule has 0 spiro atoms. The highest BCUT2D eigenvalue weighted by molar-refractivity contribution is 7.91. The van der Waals surface area contributed by atoms with Crippen molar-refractivity contribution in [2.75, 3.05) is 36.5 Å². The number of rotatable bonds is 5. The number of anilines is 1. The summed E-state index contributed by atoms with van der Waals surface area (Å²) in [7, 11) is -0.716. The first kappa shape index (κ1) is 14.3. The van der Waals surface area contributed by atoms with Gasteiger partial charge in [-0.05, 0) is 25.0 Å². The number of sulfone groups is 1. The number of nitrogens with one attached hydrogen (secondary N) is 1. The molecule has 1 aliphatic rings. The monoisotopic (exact) mass is 282 g/mol. The summed E-state index contributed by atoms with van der Waals surface area (Å²) in [6, 6.07) is 8.41. The van der Waals surface area contributed by atoms with Crippen LogP contribution < -0.4 is 10.2 Å². The zero-order chi connectivity index (χ0) is 13.9. The number of nitrogens with zero attached hydrogens (tertiary/aromatic N) is 1. The molecule has 0 aromatic heterocycles. The SMILES string of the molecule is Cc1ccccc1N(C)CCNC1CCS(=O)(=O)C1. The highest BCUT2D eigenvalue weighted by Crippen LogP contribution is 2.17. The lowest BCUT2D eigenvalue weighted by Crippen LogP contribution is -2.36. The number of para-hydroxylation sites is 1. The van der Waals surface area contributed by atoms with Crippen LogP contribution in [0.5, 0.6) is 0 Å². The van der Waals surface area contributed by atoms with E-state index < -0.39 is 9.84 Å². The lowest BCUT2D eigenvalue weighted by atomic mass is 10.2. The smallest absolute Gasteiger partial charge is 0.151 e. The van der Waals surface area contributed by atoms with Crippen molar-refractivity contribution in [1.29, 1.82) is 0 Å². The van der Waals surface area contributed by atoms with Gasteiger partial charge in [0, 0.05) is 31.9 Å². The van der Waals surface area contributed by atoms with Gasteiger partial charge in [0.05, 0.1) is 11.5 Å². The third-order valence-electron chi connectivity index (χ3n) is 3.64. The summed E-state index contributed by atoms with van der Waals surface area (Å²) in [4.78, 5) is 2.20. The summed E-state index contributed by atoms with van der Waals surface area (Å²) in [6.07, 6.45) is 0.746. The van der Waals surface area contributed by atoms with Crippen LogP contribution in [0.4, 0.5) is 5.69 Å². The van der Waals surface area contributed by atoms with Crippen LogP contribution in [0.3, 0.4) is 0 Å². The Morgan fingerprint density at radius 2 is 2.11 bits per heavy atom. The minimum atomic E-state index is -2.78. The summed E-state index contributed by atoms with van der Waals surface area (Å²) in [6.45, 7) is 3.79. The Kier molecular flexibility index (Phi) is 4.47. The van der Waals surface area contributed by atoms with E-state index in [-0.39, 0.29) is 6.04 Å². The maximum Gasteiger partial charge on any atom is 0.151 e. The molecule has 1 aromatic carbocycles. The molecule has 1 N–H and O–H groups in total. The van der Waals surface area contributed by atoms with E-state index in [9.17, 15) is 8.42 Å². The quantitative estimate of drug-likeness (QED) is 0.882. The second-order valence-corrected chi connectivity index (χ2v) is 7.49. The lowest BCUT2D eigenvalue weighted by Gasteiger charge is -2.22. The molecule has 5 heteroatoms. The van der Waals surface area contributed by atoms with Gasteiger partial charge in [0.25, 0.3) is 0 Å². The van der Waals surface area contributed by atoms with E-state index in [0.29, 0.717) is 11.5 Å². The zero-order valence-electron chi connectivity index (χ0n) is 11.6. The van der Waals surface area contributed by atoms with E-state index in [0.717, 1.165) is 19.5 Å². The molecule has 1 unspecified atom stereocenters. The van der Waals surface area contributed by atoms with Crippen LogP contribution in [-0.4, -0.2) is 46.1 Å². The van der Waals surface area contributed by atoms with Crippen molar-refractivity contribution in [1.82, 2.24) is 5.32 Å². The molecule has 106 valence electrons. The second kappa shape index (κ2) is 5.92. The van der Waals surface area contributed by atoms with Crippen LogP contribution in [0.2, 0.25) is 0 Å². The topological polar surface area (TPSA) is 49.4 Å². The molecule has 0 bridgehead atoms. The van der Waals surface area contributed by atoms with Gasteiger partial charge in [0.15, 0.2) is 9.84 Å². The fraction of sp³-hybridized carbons (Fsp3) is 0.571. The summed E-state index contributed by atoms with van der Waals surface area (Å²) in [5, 5.41) is 3.34. The van der Waals surface area contributed by atoms with Gasteiger partial charge < -0.3 is 10.2 Å². The van der Waals surface area contributed by atoms with E-state index >= 15 is 0 Å². The summed E-state index contributed by atoms with van der Waals surface area (Å²) < 4.78 is 22.7.